The summed E-state index contributed by atoms with van der Waals surface area (Å²) in [5.41, 5.74) is 2.89. The maximum Gasteiger partial charge on any atom is 0.268 e. The van der Waals surface area contributed by atoms with Crippen LogP contribution in [0.5, 0.6) is 0 Å². The molecule has 6 heteroatoms. The van der Waals surface area contributed by atoms with E-state index >= 15 is 0 Å². The lowest BCUT2D eigenvalue weighted by Crippen LogP contribution is -2.11. The number of hydrogen-bond donors (Lipinski definition) is 0. The molecule has 0 aliphatic carbocycles. The Labute approximate surface area is 180 Å². The molecule has 0 bridgehead atoms. The van der Waals surface area contributed by atoms with Crippen LogP contribution >= 0.6 is 0 Å². The third-order valence-electron chi connectivity index (χ3n) is 4.99. The molecule has 0 saturated heterocycles. The van der Waals surface area contributed by atoms with Crippen molar-refractivity contribution in [2.75, 3.05) is 0 Å². The second kappa shape index (κ2) is 7.74. The van der Waals surface area contributed by atoms with Crippen molar-refractivity contribution in [1.82, 2.24) is 8.96 Å². The van der Waals surface area contributed by atoms with Gasteiger partial charge in [-0.1, -0.05) is 66.7 Å². The Morgan fingerprint density at radius 3 is 2.26 bits per heavy atom. The molecule has 0 radical (unpaired) electrons. The second-order valence-corrected chi connectivity index (χ2v) is 8.80. The van der Waals surface area contributed by atoms with Gasteiger partial charge in [-0.2, -0.15) is 0 Å². The second-order valence-electron chi connectivity index (χ2n) is 6.99. The summed E-state index contributed by atoms with van der Waals surface area (Å²) in [5, 5.41) is 0.786. The lowest BCUT2D eigenvalue weighted by Gasteiger charge is -2.07. The van der Waals surface area contributed by atoms with Gasteiger partial charge in [0.25, 0.3) is 10.0 Å². The molecule has 0 N–H and O–H groups in total. The van der Waals surface area contributed by atoms with Crippen molar-refractivity contribution in [3.63, 3.8) is 0 Å². The van der Waals surface area contributed by atoms with Crippen LogP contribution in [0.1, 0.15) is 11.5 Å². The molecule has 0 fully saturated rings. The minimum absolute atomic E-state index is 0.230. The zero-order chi connectivity index (χ0) is 21.3. The van der Waals surface area contributed by atoms with Crippen LogP contribution in [-0.4, -0.2) is 17.4 Å². The van der Waals surface area contributed by atoms with E-state index in [2.05, 4.69) is 4.98 Å². The molecule has 0 atom stereocenters. The summed E-state index contributed by atoms with van der Waals surface area (Å²) >= 11 is 0. The van der Waals surface area contributed by atoms with Crippen LogP contribution in [-0.2, 0) is 10.0 Å². The van der Waals surface area contributed by atoms with E-state index in [-0.39, 0.29) is 4.90 Å². The molecule has 0 amide bonds. The molecule has 0 unspecified atom stereocenters. The number of rotatable bonds is 5. The summed E-state index contributed by atoms with van der Waals surface area (Å²) < 4.78 is 33.4. The molecule has 5 rings (SSSR count). The van der Waals surface area contributed by atoms with Crippen molar-refractivity contribution in [2.24, 2.45) is 0 Å². The van der Waals surface area contributed by atoms with E-state index in [0.717, 1.165) is 10.9 Å². The molecular weight excluding hydrogens is 408 g/mol. The number of hydrogen-bond acceptors (Lipinski definition) is 4. The molecule has 0 saturated carbocycles. The minimum atomic E-state index is -3.75. The molecule has 152 valence electrons. The van der Waals surface area contributed by atoms with Gasteiger partial charge in [0.2, 0.25) is 5.89 Å². The molecule has 3 aromatic carbocycles. The van der Waals surface area contributed by atoms with Crippen LogP contribution in [0.3, 0.4) is 0 Å². The van der Waals surface area contributed by atoms with Gasteiger partial charge in [0, 0.05) is 23.2 Å². The first-order valence-corrected chi connectivity index (χ1v) is 11.2. The molecule has 0 aliphatic rings. The highest BCUT2D eigenvalue weighted by Crippen LogP contribution is 2.32. The van der Waals surface area contributed by atoms with Crippen LogP contribution in [0.25, 0.3) is 34.3 Å². The third-order valence-corrected chi connectivity index (χ3v) is 6.68. The molecule has 5 aromatic rings. The number of para-hydroxylation sites is 1. The van der Waals surface area contributed by atoms with Crippen molar-refractivity contribution < 1.29 is 12.8 Å². The first-order chi connectivity index (χ1) is 15.1. The van der Waals surface area contributed by atoms with E-state index in [0.29, 0.717) is 22.7 Å². The summed E-state index contributed by atoms with van der Waals surface area (Å²) in [6, 6.07) is 25.6. The van der Waals surface area contributed by atoms with Gasteiger partial charge in [-0.3, -0.25) is 0 Å². The van der Waals surface area contributed by atoms with E-state index < -0.39 is 10.0 Å². The number of benzene rings is 3. The quantitative estimate of drug-likeness (QED) is 0.361. The predicted octanol–water partition coefficient (Wildman–Crippen LogP) is 5.70. The minimum Gasteiger partial charge on any atom is -0.444 e. The summed E-state index contributed by atoms with van der Waals surface area (Å²) in [5.74, 6) is 0.446. The van der Waals surface area contributed by atoms with Crippen LogP contribution in [0.2, 0.25) is 0 Å². The molecule has 2 heterocycles. The first kappa shape index (κ1) is 19.1. The van der Waals surface area contributed by atoms with E-state index in [1.54, 1.807) is 54.9 Å². The fourth-order valence-electron chi connectivity index (χ4n) is 3.48. The molecule has 0 spiro atoms. The summed E-state index contributed by atoms with van der Waals surface area (Å²) in [4.78, 5) is 4.78. The molecule has 31 heavy (non-hydrogen) atoms. The number of oxazole rings is 1. The van der Waals surface area contributed by atoms with Crippen LogP contribution in [0.4, 0.5) is 0 Å². The van der Waals surface area contributed by atoms with Gasteiger partial charge in [-0.05, 0) is 29.8 Å². The lowest BCUT2D eigenvalue weighted by atomic mass is 10.1. The van der Waals surface area contributed by atoms with Crippen LogP contribution in [0.15, 0.2) is 107 Å². The lowest BCUT2D eigenvalue weighted by molar-refractivity contribution is 0.547. The Bertz CT molecular complexity index is 1480. The fourth-order valence-corrected chi connectivity index (χ4v) is 4.87. The van der Waals surface area contributed by atoms with Gasteiger partial charge < -0.3 is 4.42 Å². The monoisotopic (exact) mass is 426 g/mol. The van der Waals surface area contributed by atoms with Gasteiger partial charge in [0.05, 0.1) is 10.4 Å². The van der Waals surface area contributed by atoms with Gasteiger partial charge in [-0.25, -0.2) is 17.4 Å². The highest BCUT2D eigenvalue weighted by molar-refractivity contribution is 7.90. The normalized spacial score (nSPS) is 12.0. The molecule has 0 aliphatic heterocycles. The number of aromatic nitrogens is 2. The van der Waals surface area contributed by atoms with Crippen molar-refractivity contribution >= 4 is 33.1 Å². The zero-order valence-corrected chi connectivity index (χ0v) is 17.2. The SMILES string of the molecule is O=S(=O)(c1ccccc1)n1cc(-c2coc(/C=C/c3ccccc3)n2)c2ccccc21. The van der Waals surface area contributed by atoms with Gasteiger partial charge >= 0.3 is 0 Å². The standard InChI is InChI=1S/C25H18N2O3S/c28-31(29,20-11-5-2-6-12-20)27-17-22(21-13-7-8-14-24(21)27)23-18-30-25(26-23)16-15-19-9-3-1-4-10-19/h1-18H/b16-15+. The first-order valence-electron chi connectivity index (χ1n) is 9.73. The third kappa shape index (κ3) is 3.58. The Balaban J connectivity index is 1.58. The van der Waals surface area contributed by atoms with Crippen molar-refractivity contribution in [3.8, 4) is 11.3 Å². The van der Waals surface area contributed by atoms with E-state index in [1.807, 2.05) is 54.6 Å². The van der Waals surface area contributed by atoms with E-state index in [4.69, 9.17) is 4.42 Å². The topological polar surface area (TPSA) is 65.1 Å². The van der Waals surface area contributed by atoms with E-state index in [1.165, 1.54) is 3.97 Å². The Morgan fingerprint density at radius 1 is 0.806 bits per heavy atom. The Hall–Kier alpha value is -3.90. The molecular formula is C25H18N2O3S. The summed E-state index contributed by atoms with van der Waals surface area (Å²) in [6.45, 7) is 0. The summed E-state index contributed by atoms with van der Waals surface area (Å²) in [7, 11) is -3.75. The molecule has 5 nitrogen and oxygen atoms in total. The van der Waals surface area contributed by atoms with Crippen molar-refractivity contribution in [2.45, 2.75) is 4.90 Å². The maximum atomic E-state index is 13.3. The fraction of sp³-hybridized carbons (Fsp3) is 0. The number of fused-ring (bicyclic) bond motifs is 1. The highest BCUT2D eigenvalue weighted by atomic mass is 32.2. The molecule has 2 aromatic heterocycles. The highest BCUT2D eigenvalue weighted by Gasteiger charge is 2.22. The van der Waals surface area contributed by atoms with Crippen LogP contribution in [0, 0.1) is 0 Å². The average molecular weight is 426 g/mol. The largest absolute Gasteiger partial charge is 0.444 e. The smallest absolute Gasteiger partial charge is 0.268 e. The maximum absolute atomic E-state index is 13.3. The van der Waals surface area contributed by atoms with Gasteiger partial charge in [-0.15, -0.1) is 0 Å². The van der Waals surface area contributed by atoms with Crippen molar-refractivity contribution in [1.29, 1.82) is 0 Å². The predicted molar refractivity (Wildman–Crippen MR) is 122 cm³/mol. The average Bonchev–Trinajstić information content (AvgIpc) is 3.44. The van der Waals surface area contributed by atoms with Crippen LogP contribution < -0.4 is 0 Å². The van der Waals surface area contributed by atoms with Crippen molar-refractivity contribution in [3.05, 3.63) is 109 Å². The summed E-state index contributed by atoms with van der Waals surface area (Å²) in [6.07, 6.45) is 6.86. The number of nitrogens with zero attached hydrogens (tertiary/aromatic N) is 2. The Kier molecular flexibility index (Phi) is 4.76. The zero-order valence-electron chi connectivity index (χ0n) is 16.4. The van der Waals surface area contributed by atoms with E-state index in [9.17, 15) is 8.42 Å². The Morgan fingerprint density at radius 2 is 1.48 bits per heavy atom. The van der Waals surface area contributed by atoms with Gasteiger partial charge in [0.1, 0.15) is 12.0 Å². The van der Waals surface area contributed by atoms with Gasteiger partial charge in [0.15, 0.2) is 0 Å².